The molecule has 1 aliphatic heterocycles. The van der Waals surface area contributed by atoms with Gasteiger partial charge >= 0.3 is 5.97 Å². The predicted octanol–water partition coefficient (Wildman–Crippen LogP) is 4.72. The molecule has 6 heteroatoms. The van der Waals surface area contributed by atoms with Gasteiger partial charge in [0.2, 0.25) is 0 Å². The van der Waals surface area contributed by atoms with E-state index in [-0.39, 0.29) is 11.9 Å². The third-order valence-electron chi connectivity index (χ3n) is 4.98. The molecule has 0 aromatic heterocycles. The molecule has 1 amide bonds. The van der Waals surface area contributed by atoms with Gasteiger partial charge in [0.05, 0.1) is 25.3 Å². The Morgan fingerprint density at radius 3 is 2.13 bits per heavy atom. The van der Waals surface area contributed by atoms with Crippen molar-refractivity contribution in [1.29, 1.82) is 0 Å². The van der Waals surface area contributed by atoms with Gasteiger partial charge in [-0.2, -0.15) is 0 Å². The van der Waals surface area contributed by atoms with Crippen molar-refractivity contribution in [3.05, 3.63) is 59.7 Å². The average molecular weight is 405 g/mol. The van der Waals surface area contributed by atoms with Crippen LogP contribution in [0.15, 0.2) is 48.5 Å². The molecule has 1 heterocycles. The second kappa shape index (κ2) is 8.06. The van der Waals surface area contributed by atoms with Crippen LogP contribution in [0.4, 0.5) is 5.69 Å². The SMILES string of the molecule is CCOc1c2c(c(OCC)c3ccccc13)C(=O)N(c1ccc(OC(C)=O)cc1)C2. The number of esters is 1. The first-order chi connectivity index (χ1) is 14.5. The third-order valence-corrected chi connectivity index (χ3v) is 4.98. The number of ether oxygens (including phenoxy) is 3. The van der Waals surface area contributed by atoms with Gasteiger partial charge < -0.3 is 19.1 Å². The van der Waals surface area contributed by atoms with E-state index in [0.29, 0.717) is 42.5 Å². The number of hydrogen-bond donors (Lipinski definition) is 0. The van der Waals surface area contributed by atoms with Crippen molar-refractivity contribution in [3.8, 4) is 17.2 Å². The summed E-state index contributed by atoms with van der Waals surface area (Å²) in [5.74, 6) is 1.22. The standard InChI is InChI=1S/C24H23NO5/c1-4-28-22-18-8-6-7-9-19(18)23(29-5-2)21-20(22)14-25(24(21)27)16-10-12-17(13-11-16)30-15(3)26/h6-13H,4-5,14H2,1-3H3. The van der Waals surface area contributed by atoms with E-state index in [4.69, 9.17) is 14.2 Å². The van der Waals surface area contributed by atoms with Crippen LogP contribution in [-0.2, 0) is 11.3 Å². The predicted molar refractivity (Wildman–Crippen MR) is 115 cm³/mol. The highest BCUT2D eigenvalue weighted by atomic mass is 16.5. The van der Waals surface area contributed by atoms with Crippen molar-refractivity contribution in [3.63, 3.8) is 0 Å². The van der Waals surface area contributed by atoms with Crippen LogP contribution in [0.3, 0.4) is 0 Å². The molecule has 4 rings (SSSR count). The number of fused-ring (bicyclic) bond motifs is 2. The molecule has 0 atom stereocenters. The fourth-order valence-electron chi connectivity index (χ4n) is 3.84. The van der Waals surface area contributed by atoms with Gasteiger partial charge in [0.1, 0.15) is 17.2 Å². The van der Waals surface area contributed by atoms with Crippen molar-refractivity contribution in [1.82, 2.24) is 0 Å². The summed E-state index contributed by atoms with van der Waals surface area (Å²) in [6.45, 7) is 6.51. The van der Waals surface area contributed by atoms with Crippen LogP contribution in [-0.4, -0.2) is 25.1 Å². The first-order valence-electron chi connectivity index (χ1n) is 9.98. The molecule has 0 fully saturated rings. The summed E-state index contributed by atoms with van der Waals surface area (Å²) in [6.07, 6.45) is 0. The lowest BCUT2D eigenvalue weighted by Crippen LogP contribution is -2.23. The Labute approximate surface area is 175 Å². The Balaban J connectivity index is 1.83. The van der Waals surface area contributed by atoms with Gasteiger partial charge in [0.15, 0.2) is 0 Å². The minimum Gasteiger partial charge on any atom is -0.493 e. The molecule has 0 N–H and O–H groups in total. The molecule has 6 nitrogen and oxygen atoms in total. The smallest absolute Gasteiger partial charge is 0.308 e. The Morgan fingerprint density at radius 1 is 0.933 bits per heavy atom. The van der Waals surface area contributed by atoms with Gasteiger partial charge in [-0.3, -0.25) is 9.59 Å². The third kappa shape index (κ3) is 3.34. The molecule has 3 aromatic carbocycles. The van der Waals surface area contributed by atoms with Gasteiger partial charge in [-0.05, 0) is 38.1 Å². The topological polar surface area (TPSA) is 65.1 Å². The monoisotopic (exact) mass is 405 g/mol. The summed E-state index contributed by atoms with van der Waals surface area (Å²) in [5, 5.41) is 1.79. The average Bonchev–Trinajstić information content (AvgIpc) is 3.08. The van der Waals surface area contributed by atoms with Crippen molar-refractivity contribution < 1.29 is 23.8 Å². The van der Waals surface area contributed by atoms with E-state index in [0.717, 1.165) is 22.1 Å². The maximum Gasteiger partial charge on any atom is 0.308 e. The molecule has 0 bridgehead atoms. The second-order valence-electron chi connectivity index (χ2n) is 6.90. The number of anilines is 1. The summed E-state index contributed by atoms with van der Waals surface area (Å²) in [6, 6.07) is 14.7. The summed E-state index contributed by atoms with van der Waals surface area (Å²) in [4.78, 5) is 26.3. The highest BCUT2D eigenvalue weighted by molar-refractivity contribution is 6.16. The molecule has 0 unspecified atom stereocenters. The zero-order valence-electron chi connectivity index (χ0n) is 17.2. The van der Waals surface area contributed by atoms with Crippen LogP contribution in [0.5, 0.6) is 17.2 Å². The molecule has 154 valence electrons. The van der Waals surface area contributed by atoms with E-state index in [9.17, 15) is 9.59 Å². The van der Waals surface area contributed by atoms with Crippen molar-refractivity contribution >= 4 is 28.3 Å². The molecule has 30 heavy (non-hydrogen) atoms. The number of rotatable bonds is 6. The summed E-state index contributed by atoms with van der Waals surface area (Å²) >= 11 is 0. The van der Waals surface area contributed by atoms with Crippen molar-refractivity contribution in [2.24, 2.45) is 0 Å². The normalized spacial score (nSPS) is 12.8. The van der Waals surface area contributed by atoms with E-state index >= 15 is 0 Å². The molecule has 3 aromatic rings. The zero-order valence-corrected chi connectivity index (χ0v) is 17.2. The van der Waals surface area contributed by atoms with Crippen LogP contribution >= 0.6 is 0 Å². The number of hydrogen-bond acceptors (Lipinski definition) is 5. The van der Waals surface area contributed by atoms with Gasteiger partial charge in [-0.25, -0.2) is 0 Å². The summed E-state index contributed by atoms with van der Waals surface area (Å²) in [5.41, 5.74) is 2.08. The minimum atomic E-state index is -0.387. The lowest BCUT2D eigenvalue weighted by molar-refractivity contribution is -0.131. The maximum absolute atomic E-state index is 13.5. The van der Waals surface area contributed by atoms with Crippen LogP contribution < -0.4 is 19.1 Å². The Hall–Kier alpha value is -3.54. The number of carbonyl (C=O) groups is 2. The number of benzene rings is 3. The van der Waals surface area contributed by atoms with E-state index in [1.54, 1.807) is 29.2 Å². The second-order valence-corrected chi connectivity index (χ2v) is 6.90. The molecule has 1 aliphatic rings. The largest absolute Gasteiger partial charge is 0.493 e. The molecule has 0 saturated carbocycles. The van der Waals surface area contributed by atoms with E-state index in [2.05, 4.69) is 0 Å². The van der Waals surface area contributed by atoms with Crippen molar-refractivity contribution in [2.45, 2.75) is 27.3 Å². The van der Waals surface area contributed by atoms with Crippen molar-refractivity contribution in [2.75, 3.05) is 18.1 Å². The number of amides is 1. The summed E-state index contributed by atoms with van der Waals surface area (Å²) in [7, 11) is 0. The highest BCUT2D eigenvalue weighted by Crippen LogP contribution is 2.46. The highest BCUT2D eigenvalue weighted by Gasteiger charge is 2.36. The van der Waals surface area contributed by atoms with Gasteiger partial charge in [0.25, 0.3) is 5.91 Å². The van der Waals surface area contributed by atoms with Crippen LogP contribution in [0, 0.1) is 0 Å². The Kier molecular flexibility index (Phi) is 5.31. The van der Waals surface area contributed by atoms with Gasteiger partial charge in [-0.1, -0.05) is 24.3 Å². The van der Waals surface area contributed by atoms with Gasteiger partial charge in [0, 0.05) is 28.9 Å². The van der Waals surface area contributed by atoms with Crippen LogP contribution in [0.2, 0.25) is 0 Å². The van der Waals surface area contributed by atoms with E-state index in [1.807, 2.05) is 38.1 Å². The van der Waals surface area contributed by atoms with E-state index < -0.39 is 0 Å². The van der Waals surface area contributed by atoms with Crippen LogP contribution in [0.25, 0.3) is 10.8 Å². The lowest BCUT2D eigenvalue weighted by atomic mass is 9.99. The van der Waals surface area contributed by atoms with Gasteiger partial charge in [-0.15, -0.1) is 0 Å². The first kappa shape index (κ1) is 19.8. The number of nitrogens with zero attached hydrogens (tertiary/aromatic N) is 1. The zero-order chi connectivity index (χ0) is 21.3. The molecule has 0 saturated heterocycles. The molecular formula is C24H23NO5. The molecule has 0 spiro atoms. The molecule has 0 radical (unpaired) electrons. The quantitative estimate of drug-likeness (QED) is 0.438. The Morgan fingerprint density at radius 2 is 1.53 bits per heavy atom. The molecule has 0 aliphatic carbocycles. The van der Waals surface area contributed by atoms with E-state index in [1.165, 1.54) is 6.92 Å². The molecular weight excluding hydrogens is 382 g/mol. The number of carbonyl (C=O) groups excluding carboxylic acids is 2. The maximum atomic E-state index is 13.5. The fourth-order valence-corrected chi connectivity index (χ4v) is 3.84. The fraction of sp³-hybridized carbons (Fsp3) is 0.250. The lowest BCUT2D eigenvalue weighted by Gasteiger charge is -2.16. The van der Waals surface area contributed by atoms with Crippen LogP contribution in [0.1, 0.15) is 36.7 Å². The first-order valence-corrected chi connectivity index (χ1v) is 9.98. The summed E-state index contributed by atoms with van der Waals surface area (Å²) < 4.78 is 17.0. The minimum absolute atomic E-state index is 0.139. The Bertz CT molecular complexity index is 1120.